The molecule has 1 aliphatic rings. The molecule has 0 aliphatic carbocycles. The predicted octanol–water partition coefficient (Wildman–Crippen LogP) is 4.45. The fourth-order valence-corrected chi connectivity index (χ4v) is 3.86. The maximum absolute atomic E-state index is 12.2. The Balaban J connectivity index is 2.08. The first kappa shape index (κ1) is 16.8. The number of hydrogen-bond acceptors (Lipinski definition) is 3. The van der Waals surface area contributed by atoms with Crippen LogP contribution in [0.1, 0.15) is 53.0 Å². The zero-order chi connectivity index (χ0) is 16.4. The first-order chi connectivity index (χ1) is 10.2. The average Bonchev–Trinajstić information content (AvgIpc) is 2.40. The second-order valence-electron chi connectivity index (χ2n) is 7.59. The van der Waals surface area contributed by atoms with Crippen molar-refractivity contribution in [2.24, 2.45) is 5.92 Å². The van der Waals surface area contributed by atoms with Gasteiger partial charge in [-0.1, -0.05) is 37.3 Å². The van der Waals surface area contributed by atoms with Crippen LogP contribution in [0, 0.1) is 5.92 Å². The topological polar surface area (TPSA) is 29.5 Å². The van der Waals surface area contributed by atoms with Crippen LogP contribution >= 0.6 is 0 Å². The van der Waals surface area contributed by atoms with Gasteiger partial charge in [0.25, 0.3) is 0 Å². The van der Waals surface area contributed by atoms with Gasteiger partial charge in [-0.3, -0.25) is 0 Å². The molecule has 120 valence electrons. The summed E-state index contributed by atoms with van der Waals surface area (Å²) in [4.78, 5) is 17.9. The van der Waals surface area contributed by atoms with Gasteiger partial charge in [-0.15, -0.1) is 5.06 Å². The van der Waals surface area contributed by atoms with Crippen LogP contribution in [0.3, 0.4) is 0 Å². The summed E-state index contributed by atoms with van der Waals surface area (Å²) >= 11 is 0. The van der Waals surface area contributed by atoms with Crippen molar-refractivity contribution < 1.29 is 9.63 Å². The smallest absolute Gasteiger partial charge is 0.349 e. The first-order valence-electron chi connectivity index (χ1n) is 7.96. The molecule has 1 saturated heterocycles. The van der Waals surface area contributed by atoms with E-state index < -0.39 is 0 Å². The van der Waals surface area contributed by atoms with E-state index >= 15 is 0 Å². The molecule has 0 N–H and O–H groups in total. The molecule has 0 bridgehead atoms. The van der Waals surface area contributed by atoms with Crippen LogP contribution in [-0.4, -0.2) is 22.1 Å². The van der Waals surface area contributed by atoms with E-state index in [1.165, 1.54) is 6.08 Å². The van der Waals surface area contributed by atoms with E-state index in [4.69, 9.17) is 4.84 Å². The molecule has 0 amide bonds. The molecule has 0 atom stereocenters. The van der Waals surface area contributed by atoms with E-state index in [1.807, 2.05) is 35.4 Å². The van der Waals surface area contributed by atoms with E-state index in [0.717, 1.165) is 18.4 Å². The number of nitrogens with zero attached hydrogens (tertiary/aromatic N) is 1. The van der Waals surface area contributed by atoms with Gasteiger partial charge in [0.15, 0.2) is 0 Å². The standard InChI is InChI=1S/C19H27NO2/c1-15-13-18(2,3)20(19(4,5)14-15)22-17(21)12-11-16-9-7-6-8-10-16/h6-12,15H,13-14H2,1-5H3/b12-11+. The second-order valence-corrected chi connectivity index (χ2v) is 7.59. The lowest BCUT2D eigenvalue weighted by molar-refractivity contribution is -0.267. The molecule has 1 aromatic rings. The molecule has 0 saturated carbocycles. The number of carbonyl (C=O) groups excluding carboxylic acids is 1. The van der Waals surface area contributed by atoms with Crippen molar-refractivity contribution in [1.29, 1.82) is 0 Å². The van der Waals surface area contributed by atoms with Crippen molar-refractivity contribution in [2.75, 3.05) is 0 Å². The fraction of sp³-hybridized carbons (Fsp3) is 0.526. The molecule has 1 heterocycles. The minimum absolute atomic E-state index is 0.155. The molecule has 3 heteroatoms. The predicted molar refractivity (Wildman–Crippen MR) is 90.0 cm³/mol. The number of hydroxylamine groups is 2. The summed E-state index contributed by atoms with van der Waals surface area (Å²) in [5, 5.41) is 1.89. The Morgan fingerprint density at radius 3 is 2.23 bits per heavy atom. The van der Waals surface area contributed by atoms with Crippen LogP contribution in [0.2, 0.25) is 0 Å². The van der Waals surface area contributed by atoms with E-state index in [9.17, 15) is 4.79 Å². The summed E-state index contributed by atoms with van der Waals surface area (Å²) in [6.07, 6.45) is 5.33. The molecule has 0 aromatic heterocycles. The Kier molecular flexibility index (Phi) is 4.76. The van der Waals surface area contributed by atoms with Gasteiger partial charge >= 0.3 is 5.97 Å². The molecule has 1 aromatic carbocycles. The quantitative estimate of drug-likeness (QED) is 0.773. The fourth-order valence-electron chi connectivity index (χ4n) is 3.86. The summed E-state index contributed by atoms with van der Waals surface area (Å²) in [5.41, 5.74) is 0.680. The van der Waals surface area contributed by atoms with Gasteiger partial charge in [0.2, 0.25) is 0 Å². The Labute approximate surface area is 133 Å². The SMILES string of the molecule is CC1CC(C)(C)N(OC(=O)/C=C/c2ccccc2)C(C)(C)C1. The third kappa shape index (κ3) is 3.98. The van der Waals surface area contributed by atoms with Gasteiger partial charge in [-0.25, -0.2) is 4.79 Å². The zero-order valence-electron chi connectivity index (χ0n) is 14.3. The van der Waals surface area contributed by atoms with Crippen LogP contribution in [0.15, 0.2) is 36.4 Å². The van der Waals surface area contributed by atoms with Gasteiger partial charge in [0, 0.05) is 6.08 Å². The van der Waals surface area contributed by atoms with Crippen LogP contribution in [0.25, 0.3) is 6.08 Å². The van der Waals surface area contributed by atoms with Crippen molar-refractivity contribution in [2.45, 2.75) is 58.5 Å². The normalized spacial score (nSPS) is 21.9. The summed E-state index contributed by atoms with van der Waals surface area (Å²) in [6.45, 7) is 10.8. The Morgan fingerprint density at radius 2 is 1.68 bits per heavy atom. The third-order valence-electron chi connectivity index (χ3n) is 4.19. The zero-order valence-corrected chi connectivity index (χ0v) is 14.3. The third-order valence-corrected chi connectivity index (χ3v) is 4.19. The maximum atomic E-state index is 12.2. The first-order valence-corrected chi connectivity index (χ1v) is 7.96. The lowest BCUT2D eigenvalue weighted by Crippen LogP contribution is -2.60. The number of piperidine rings is 1. The lowest BCUT2D eigenvalue weighted by atomic mass is 9.76. The Bertz CT molecular complexity index is 528. The number of carbonyl (C=O) groups is 1. The number of rotatable bonds is 3. The van der Waals surface area contributed by atoms with Crippen LogP contribution in [0.5, 0.6) is 0 Å². The molecule has 22 heavy (non-hydrogen) atoms. The van der Waals surface area contributed by atoms with Crippen molar-refractivity contribution in [3.05, 3.63) is 42.0 Å². The van der Waals surface area contributed by atoms with Gasteiger partial charge in [0.05, 0.1) is 11.1 Å². The maximum Gasteiger partial charge on any atom is 0.349 e. The second kappa shape index (κ2) is 6.25. The molecular weight excluding hydrogens is 274 g/mol. The average molecular weight is 301 g/mol. The van der Waals surface area contributed by atoms with Gasteiger partial charge in [-0.2, -0.15) is 0 Å². The molecule has 0 unspecified atom stereocenters. The minimum atomic E-state index is -0.320. The summed E-state index contributed by atoms with van der Waals surface area (Å²) < 4.78 is 0. The van der Waals surface area contributed by atoms with Crippen molar-refractivity contribution >= 4 is 12.0 Å². The highest BCUT2D eigenvalue weighted by Crippen LogP contribution is 2.41. The molecule has 3 nitrogen and oxygen atoms in total. The molecule has 0 radical (unpaired) electrons. The molecule has 2 rings (SSSR count). The summed E-state index contributed by atoms with van der Waals surface area (Å²) in [6, 6.07) is 9.77. The van der Waals surface area contributed by atoms with Crippen LogP contribution < -0.4 is 0 Å². The van der Waals surface area contributed by atoms with E-state index in [0.29, 0.717) is 5.92 Å². The van der Waals surface area contributed by atoms with E-state index in [1.54, 1.807) is 6.08 Å². The lowest BCUT2D eigenvalue weighted by Gasteiger charge is -2.52. The van der Waals surface area contributed by atoms with Gasteiger partial charge < -0.3 is 4.84 Å². The summed E-state index contributed by atoms with van der Waals surface area (Å²) in [5.74, 6) is 0.305. The highest BCUT2D eigenvalue weighted by molar-refractivity contribution is 5.86. The largest absolute Gasteiger partial charge is 0.363 e. The van der Waals surface area contributed by atoms with E-state index in [-0.39, 0.29) is 17.0 Å². The highest BCUT2D eigenvalue weighted by Gasteiger charge is 2.46. The minimum Gasteiger partial charge on any atom is -0.363 e. The highest BCUT2D eigenvalue weighted by atomic mass is 16.7. The molecule has 1 aliphatic heterocycles. The Hall–Kier alpha value is -1.61. The molecule has 0 spiro atoms. The van der Waals surface area contributed by atoms with Crippen molar-refractivity contribution in [3.63, 3.8) is 0 Å². The monoisotopic (exact) mass is 301 g/mol. The number of benzene rings is 1. The van der Waals surface area contributed by atoms with Crippen molar-refractivity contribution in [3.8, 4) is 0 Å². The molecular formula is C19H27NO2. The van der Waals surface area contributed by atoms with Gasteiger partial charge in [-0.05, 0) is 58.1 Å². The van der Waals surface area contributed by atoms with Crippen LogP contribution in [-0.2, 0) is 9.63 Å². The van der Waals surface area contributed by atoms with Crippen LogP contribution in [0.4, 0.5) is 0 Å². The molecule has 1 fully saturated rings. The number of hydrogen-bond donors (Lipinski definition) is 0. The Morgan fingerprint density at radius 1 is 1.14 bits per heavy atom. The van der Waals surface area contributed by atoms with E-state index in [2.05, 4.69) is 34.6 Å². The van der Waals surface area contributed by atoms with Crippen molar-refractivity contribution in [1.82, 2.24) is 5.06 Å². The van der Waals surface area contributed by atoms with Gasteiger partial charge in [0.1, 0.15) is 0 Å². The summed E-state index contributed by atoms with van der Waals surface area (Å²) in [7, 11) is 0.